The van der Waals surface area contributed by atoms with Crippen LogP contribution in [-0.4, -0.2) is 33.0 Å². The molecular weight excluding hydrogens is 398 g/mol. The fourth-order valence-corrected chi connectivity index (χ4v) is 4.09. The molecule has 0 bridgehead atoms. The fourth-order valence-electron chi connectivity index (χ4n) is 3.18. The Balaban J connectivity index is 1.52. The molecule has 8 heteroatoms. The number of carbonyl (C=O) groups is 1. The molecule has 0 unspecified atom stereocenters. The summed E-state index contributed by atoms with van der Waals surface area (Å²) in [6.45, 7) is 0. The summed E-state index contributed by atoms with van der Waals surface area (Å²) in [5.74, 6) is 0.932. The Labute approximate surface area is 177 Å². The molecule has 150 valence electrons. The van der Waals surface area contributed by atoms with Crippen molar-refractivity contribution in [1.29, 1.82) is 0 Å². The summed E-state index contributed by atoms with van der Waals surface area (Å²) in [5.41, 5.74) is 2.69. The Morgan fingerprint density at radius 2 is 1.97 bits per heavy atom. The number of nitrogens with one attached hydrogen (secondary N) is 1. The van der Waals surface area contributed by atoms with Crippen LogP contribution in [0.2, 0.25) is 0 Å². The lowest BCUT2D eigenvalue weighted by atomic mass is 10.1. The molecule has 1 N–H and O–H groups in total. The third-order valence-electron chi connectivity index (χ3n) is 4.91. The first-order chi connectivity index (χ1) is 14.7. The molecule has 1 amide bonds. The minimum Gasteiger partial charge on any atom is -0.497 e. The lowest BCUT2D eigenvalue weighted by Crippen LogP contribution is -2.12. The van der Waals surface area contributed by atoms with E-state index in [-0.39, 0.29) is 5.91 Å². The highest BCUT2D eigenvalue weighted by Crippen LogP contribution is 2.42. The summed E-state index contributed by atoms with van der Waals surface area (Å²) >= 11 is 1.44. The highest BCUT2D eigenvalue weighted by Gasteiger charge is 2.28. The van der Waals surface area contributed by atoms with Crippen LogP contribution in [0.3, 0.4) is 0 Å². The number of hydrogen-bond acceptors (Lipinski definition) is 6. The summed E-state index contributed by atoms with van der Waals surface area (Å²) < 4.78 is 7.05. The molecule has 0 radical (unpaired) electrons. The largest absolute Gasteiger partial charge is 0.497 e. The number of ether oxygens (including phenoxy) is 1. The molecule has 1 fully saturated rings. The minimum atomic E-state index is -0.270. The van der Waals surface area contributed by atoms with E-state index < -0.39 is 0 Å². The number of hydrogen-bond donors (Lipinski definition) is 1. The van der Waals surface area contributed by atoms with E-state index in [9.17, 15) is 4.79 Å². The SMILES string of the molecule is COc1cccc(-c2nn(-c3ccccc3)cc2C(=O)Nc2nnc(C3CC3)s2)c1. The second kappa shape index (κ2) is 7.72. The second-order valence-corrected chi connectivity index (χ2v) is 8.09. The number of benzene rings is 2. The van der Waals surface area contributed by atoms with E-state index >= 15 is 0 Å². The van der Waals surface area contributed by atoms with Gasteiger partial charge in [0.1, 0.15) is 16.5 Å². The summed E-state index contributed by atoms with van der Waals surface area (Å²) in [5, 5.41) is 17.4. The van der Waals surface area contributed by atoms with E-state index in [2.05, 4.69) is 15.5 Å². The molecule has 2 aromatic heterocycles. The topological polar surface area (TPSA) is 81.9 Å². The molecule has 0 atom stereocenters. The van der Waals surface area contributed by atoms with Gasteiger partial charge in [0.2, 0.25) is 5.13 Å². The molecule has 1 aliphatic carbocycles. The predicted molar refractivity (Wildman–Crippen MR) is 115 cm³/mol. The maximum absolute atomic E-state index is 13.1. The normalized spacial score (nSPS) is 13.2. The molecule has 0 spiro atoms. The summed E-state index contributed by atoms with van der Waals surface area (Å²) in [6.07, 6.45) is 4.03. The van der Waals surface area contributed by atoms with Gasteiger partial charge in [0.15, 0.2) is 0 Å². The van der Waals surface area contributed by atoms with Crippen LogP contribution in [-0.2, 0) is 0 Å². The maximum atomic E-state index is 13.1. The van der Waals surface area contributed by atoms with Gasteiger partial charge in [-0.2, -0.15) is 5.10 Å². The Hall–Kier alpha value is -3.52. The van der Waals surface area contributed by atoms with Gasteiger partial charge in [-0.1, -0.05) is 41.7 Å². The van der Waals surface area contributed by atoms with Gasteiger partial charge in [0, 0.05) is 17.7 Å². The lowest BCUT2D eigenvalue weighted by Gasteiger charge is -2.05. The van der Waals surface area contributed by atoms with Crippen molar-refractivity contribution in [2.24, 2.45) is 0 Å². The molecule has 2 aromatic carbocycles. The summed E-state index contributed by atoms with van der Waals surface area (Å²) in [6, 6.07) is 17.2. The summed E-state index contributed by atoms with van der Waals surface area (Å²) in [4.78, 5) is 13.1. The zero-order chi connectivity index (χ0) is 20.5. The quantitative estimate of drug-likeness (QED) is 0.498. The van der Waals surface area contributed by atoms with Crippen molar-refractivity contribution in [2.45, 2.75) is 18.8 Å². The number of para-hydroxylation sites is 1. The van der Waals surface area contributed by atoms with Crippen LogP contribution < -0.4 is 10.1 Å². The Morgan fingerprint density at radius 1 is 1.13 bits per heavy atom. The zero-order valence-electron chi connectivity index (χ0n) is 16.3. The highest BCUT2D eigenvalue weighted by atomic mass is 32.1. The molecule has 7 nitrogen and oxygen atoms in total. The van der Waals surface area contributed by atoms with E-state index in [0.29, 0.717) is 28.1 Å². The average Bonchev–Trinajstić information content (AvgIpc) is 3.37. The smallest absolute Gasteiger partial charge is 0.261 e. The van der Waals surface area contributed by atoms with Crippen LogP contribution in [0.4, 0.5) is 5.13 Å². The standard InChI is InChI=1S/C22H19N5O2S/c1-29-17-9-5-6-15(12-17)19-18(13-27(26-19)16-7-3-2-4-8-16)20(28)23-22-25-24-21(30-22)14-10-11-14/h2-9,12-14H,10-11H2,1H3,(H,23,25,28). The van der Waals surface area contributed by atoms with Crippen molar-refractivity contribution in [1.82, 2.24) is 20.0 Å². The van der Waals surface area contributed by atoms with E-state index in [4.69, 9.17) is 9.84 Å². The monoisotopic (exact) mass is 417 g/mol. The van der Waals surface area contributed by atoms with Crippen molar-refractivity contribution in [3.8, 4) is 22.7 Å². The van der Waals surface area contributed by atoms with E-state index in [0.717, 1.165) is 29.1 Å². The first kappa shape index (κ1) is 18.5. The Bertz CT molecular complexity index is 1200. The minimum absolute atomic E-state index is 0.270. The van der Waals surface area contributed by atoms with Crippen molar-refractivity contribution < 1.29 is 9.53 Å². The van der Waals surface area contributed by atoms with Crippen LogP contribution in [0, 0.1) is 0 Å². The van der Waals surface area contributed by atoms with E-state index in [1.165, 1.54) is 11.3 Å². The molecular formula is C22H19N5O2S. The summed E-state index contributed by atoms with van der Waals surface area (Å²) in [7, 11) is 1.61. The van der Waals surface area contributed by atoms with E-state index in [1.807, 2.05) is 54.6 Å². The lowest BCUT2D eigenvalue weighted by molar-refractivity contribution is 0.102. The molecule has 5 rings (SSSR count). The number of anilines is 1. The zero-order valence-corrected chi connectivity index (χ0v) is 17.1. The Kier molecular flexibility index (Phi) is 4.76. The van der Waals surface area contributed by atoms with Gasteiger partial charge in [0.25, 0.3) is 5.91 Å². The van der Waals surface area contributed by atoms with Gasteiger partial charge >= 0.3 is 0 Å². The number of methoxy groups -OCH3 is 1. The van der Waals surface area contributed by atoms with Crippen molar-refractivity contribution in [3.63, 3.8) is 0 Å². The van der Waals surface area contributed by atoms with Crippen molar-refractivity contribution in [2.75, 3.05) is 12.4 Å². The molecule has 1 aliphatic rings. The van der Waals surface area contributed by atoms with Gasteiger partial charge in [-0.3, -0.25) is 10.1 Å². The number of nitrogens with zero attached hydrogens (tertiary/aromatic N) is 4. The van der Waals surface area contributed by atoms with Gasteiger partial charge < -0.3 is 4.74 Å². The van der Waals surface area contributed by atoms with E-state index in [1.54, 1.807) is 18.0 Å². The third kappa shape index (κ3) is 3.69. The number of amides is 1. The van der Waals surface area contributed by atoms with Gasteiger partial charge in [-0.05, 0) is 37.1 Å². The van der Waals surface area contributed by atoms with Crippen molar-refractivity contribution >= 4 is 22.4 Å². The Morgan fingerprint density at radius 3 is 2.73 bits per heavy atom. The first-order valence-corrected chi connectivity index (χ1v) is 10.5. The number of aromatic nitrogens is 4. The average molecular weight is 417 g/mol. The molecule has 1 saturated carbocycles. The molecule has 0 aliphatic heterocycles. The van der Waals surface area contributed by atoms with Crippen molar-refractivity contribution in [3.05, 3.63) is 71.4 Å². The maximum Gasteiger partial charge on any atom is 0.261 e. The van der Waals surface area contributed by atoms with Gasteiger partial charge in [0.05, 0.1) is 18.4 Å². The number of carbonyl (C=O) groups excluding carboxylic acids is 1. The van der Waals surface area contributed by atoms with Crippen LogP contribution in [0.5, 0.6) is 5.75 Å². The van der Waals surface area contributed by atoms with Crippen LogP contribution in [0.25, 0.3) is 16.9 Å². The van der Waals surface area contributed by atoms with Crippen LogP contribution in [0.15, 0.2) is 60.8 Å². The molecule has 2 heterocycles. The van der Waals surface area contributed by atoms with Crippen LogP contribution >= 0.6 is 11.3 Å². The van der Waals surface area contributed by atoms with Gasteiger partial charge in [-0.15, -0.1) is 10.2 Å². The third-order valence-corrected chi connectivity index (χ3v) is 5.91. The molecule has 30 heavy (non-hydrogen) atoms. The van der Waals surface area contributed by atoms with Crippen LogP contribution in [0.1, 0.15) is 34.1 Å². The van der Waals surface area contributed by atoms with Gasteiger partial charge in [-0.25, -0.2) is 4.68 Å². The molecule has 0 saturated heterocycles. The first-order valence-electron chi connectivity index (χ1n) is 9.65. The predicted octanol–water partition coefficient (Wildman–Crippen LogP) is 4.53. The molecule has 4 aromatic rings. The highest BCUT2D eigenvalue weighted by molar-refractivity contribution is 7.15. The second-order valence-electron chi connectivity index (χ2n) is 7.08. The fraction of sp³-hybridized carbons (Fsp3) is 0.182. The number of rotatable bonds is 6.